The number of hydrogen-bond acceptors (Lipinski definition) is 4. The number of nitrogens with zero attached hydrogens (tertiary/aromatic N) is 3. The predicted molar refractivity (Wildman–Crippen MR) is 115 cm³/mol. The Balaban J connectivity index is 1.39. The second-order valence-corrected chi connectivity index (χ2v) is 7.87. The third kappa shape index (κ3) is 4.09. The lowest BCUT2D eigenvalue weighted by Crippen LogP contribution is -2.36. The summed E-state index contributed by atoms with van der Waals surface area (Å²) in [6.45, 7) is 2.93. The number of amides is 1. The van der Waals surface area contributed by atoms with Gasteiger partial charge in [0.2, 0.25) is 5.91 Å². The standard InChI is InChI=1S/C23H23N3OS/c1-2-17-9-11-18(12-10-17)20-13-14-22(25-24-20)28-16-23(27)26-15-5-7-19-6-3-4-8-21(19)26/h3-4,6,8-14H,2,5,7,15-16H2,1H3. The Bertz CT molecular complexity index is 954. The van der Waals surface area contributed by atoms with Gasteiger partial charge in [-0.3, -0.25) is 4.79 Å². The molecule has 28 heavy (non-hydrogen) atoms. The first-order chi connectivity index (χ1) is 13.7. The Hall–Kier alpha value is -2.66. The van der Waals surface area contributed by atoms with Crippen molar-refractivity contribution in [3.8, 4) is 11.3 Å². The second-order valence-electron chi connectivity index (χ2n) is 6.87. The van der Waals surface area contributed by atoms with Crippen LogP contribution in [-0.2, 0) is 17.6 Å². The van der Waals surface area contributed by atoms with Crippen LogP contribution in [0.2, 0.25) is 0 Å². The molecule has 0 radical (unpaired) electrons. The van der Waals surface area contributed by atoms with Crippen molar-refractivity contribution >= 4 is 23.4 Å². The molecular formula is C23H23N3OS. The molecule has 2 heterocycles. The van der Waals surface area contributed by atoms with Crippen LogP contribution in [0.15, 0.2) is 65.7 Å². The molecule has 3 aromatic rings. The second kappa shape index (κ2) is 8.57. The van der Waals surface area contributed by atoms with Gasteiger partial charge < -0.3 is 4.90 Å². The predicted octanol–water partition coefficient (Wildman–Crippen LogP) is 4.78. The molecule has 1 aromatic heterocycles. The molecule has 0 N–H and O–H groups in total. The van der Waals surface area contributed by atoms with Gasteiger partial charge in [-0.2, -0.15) is 0 Å². The fraction of sp³-hybridized carbons (Fsp3) is 0.261. The van der Waals surface area contributed by atoms with Gasteiger partial charge in [0.25, 0.3) is 0 Å². The van der Waals surface area contributed by atoms with Crippen molar-refractivity contribution < 1.29 is 4.79 Å². The van der Waals surface area contributed by atoms with Crippen molar-refractivity contribution in [1.82, 2.24) is 10.2 Å². The number of hydrogen-bond donors (Lipinski definition) is 0. The first kappa shape index (κ1) is 18.7. The van der Waals surface area contributed by atoms with E-state index in [1.807, 2.05) is 35.2 Å². The third-order valence-electron chi connectivity index (χ3n) is 5.05. The summed E-state index contributed by atoms with van der Waals surface area (Å²) in [5.74, 6) is 0.492. The van der Waals surface area contributed by atoms with E-state index in [0.29, 0.717) is 5.75 Å². The summed E-state index contributed by atoms with van der Waals surface area (Å²) < 4.78 is 0. The van der Waals surface area contributed by atoms with Crippen LogP contribution in [0.4, 0.5) is 5.69 Å². The molecule has 1 aliphatic rings. The fourth-order valence-corrected chi connectivity index (χ4v) is 4.16. The average molecular weight is 390 g/mol. The highest BCUT2D eigenvalue weighted by Gasteiger charge is 2.22. The molecule has 2 aromatic carbocycles. The zero-order chi connectivity index (χ0) is 19.3. The van der Waals surface area contributed by atoms with Gasteiger partial charge >= 0.3 is 0 Å². The van der Waals surface area contributed by atoms with Crippen molar-refractivity contribution in [1.29, 1.82) is 0 Å². The van der Waals surface area contributed by atoms with Gasteiger partial charge in [-0.25, -0.2) is 0 Å². The normalized spacial score (nSPS) is 13.2. The molecule has 5 heteroatoms. The minimum atomic E-state index is 0.123. The molecule has 0 bridgehead atoms. The van der Waals surface area contributed by atoms with Gasteiger partial charge in [0.15, 0.2) is 0 Å². The highest BCUT2D eigenvalue weighted by atomic mass is 32.2. The molecule has 1 aliphatic heterocycles. The van der Waals surface area contributed by atoms with Crippen molar-refractivity contribution in [3.63, 3.8) is 0 Å². The number of rotatable bonds is 5. The van der Waals surface area contributed by atoms with E-state index < -0.39 is 0 Å². The molecule has 4 rings (SSSR count). The van der Waals surface area contributed by atoms with Gasteiger partial charge in [0.1, 0.15) is 5.03 Å². The quantitative estimate of drug-likeness (QED) is 0.589. The monoisotopic (exact) mass is 389 g/mol. The number of benzene rings is 2. The minimum absolute atomic E-state index is 0.123. The summed E-state index contributed by atoms with van der Waals surface area (Å²) in [4.78, 5) is 14.6. The smallest absolute Gasteiger partial charge is 0.237 e. The maximum atomic E-state index is 12.7. The fourth-order valence-electron chi connectivity index (χ4n) is 3.47. The van der Waals surface area contributed by atoms with Gasteiger partial charge in [-0.1, -0.05) is 61.2 Å². The first-order valence-corrected chi connectivity index (χ1v) is 10.7. The van der Waals surface area contributed by atoms with Crippen LogP contribution in [0.5, 0.6) is 0 Å². The topological polar surface area (TPSA) is 46.1 Å². The number of fused-ring (bicyclic) bond motifs is 1. The van der Waals surface area contributed by atoms with Gasteiger partial charge in [-0.05, 0) is 48.6 Å². The van der Waals surface area contributed by atoms with Crippen LogP contribution in [0.1, 0.15) is 24.5 Å². The van der Waals surface area contributed by atoms with Gasteiger partial charge in [-0.15, -0.1) is 10.2 Å². The van der Waals surface area contributed by atoms with Crippen molar-refractivity contribution in [3.05, 3.63) is 71.8 Å². The van der Waals surface area contributed by atoms with Gasteiger partial charge in [0, 0.05) is 17.8 Å². The molecule has 142 valence electrons. The Morgan fingerprint density at radius 1 is 1.04 bits per heavy atom. The number of carbonyl (C=O) groups excluding carboxylic acids is 1. The number of thioether (sulfide) groups is 1. The molecule has 0 saturated carbocycles. The lowest BCUT2D eigenvalue weighted by Gasteiger charge is -2.29. The van der Waals surface area contributed by atoms with Crippen molar-refractivity contribution in [2.24, 2.45) is 0 Å². The Morgan fingerprint density at radius 2 is 1.86 bits per heavy atom. The molecule has 4 nitrogen and oxygen atoms in total. The number of aryl methyl sites for hydroxylation is 2. The molecule has 0 atom stereocenters. The van der Waals surface area contributed by atoms with Crippen LogP contribution >= 0.6 is 11.8 Å². The number of anilines is 1. The highest BCUT2D eigenvalue weighted by Crippen LogP contribution is 2.28. The van der Waals surface area contributed by atoms with Gasteiger partial charge in [0.05, 0.1) is 11.4 Å². The van der Waals surface area contributed by atoms with E-state index in [2.05, 4.69) is 47.5 Å². The van der Waals surface area contributed by atoms with Crippen LogP contribution in [-0.4, -0.2) is 28.4 Å². The molecule has 0 saturated heterocycles. The van der Waals surface area contributed by atoms with E-state index >= 15 is 0 Å². The highest BCUT2D eigenvalue weighted by molar-refractivity contribution is 7.99. The molecule has 1 amide bonds. The summed E-state index contributed by atoms with van der Waals surface area (Å²) in [7, 11) is 0. The first-order valence-electron chi connectivity index (χ1n) is 9.68. The van der Waals surface area contributed by atoms with E-state index in [-0.39, 0.29) is 5.91 Å². The molecule has 0 fully saturated rings. The number of carbonyl (C=O) groups is 1. The summed E-state index contributed by atoms with van der Waals surface area (Å²) in [5, 5.41) is 9.41. The van der Waals surface area contributed by atoms with E-state index in [9.17, 15) is 4.79 Å². The summed E-state index contributed by atoms with van der Waals surface area (Å²) in [5.41, 5.74) is 5.52. The Kier molecular flexibility index (Phi) is 5.72. The van der Waals surface area contributed by atoms with Crippen molar-refractivity contribution in [2.45, 2.75) is 31.2 Å². The zero-order valence-corrected chi connectivity index (χ0v) is 16.8. The summed E-state index contributed by atoms with van der Waals surface area (Å²) in [6, 6.07) is 20.5. The summed E-state index contributed by atoms with van der Waals surface area (Å²) in [6.07, 6.45) is 3.08. The maximum Gasteiger partial charge on any atom is 0.237 e. The number of aromatic nitrogens is 2. The summed E-state index contributed by atoms with van der Waals surface area (Å²) >= 11 is 1.44. The van der Waals surface area contributed by atoms with Crippen LogP contribution in [0, 0.1) is 0 Å². The van der Waals surface area contributed by atoms with Crippen LogP contribution in [0.3, 0.4) is 0 Å². The van der Waals surface area contributed by atoms with Crippen LogP contribution < -0.4 is 4.90 Å². The van der Waals surface area contributed by atoms with Crippen molar-refractivity contribution in [2.75, 3.05) is 17.2 Å². The molecule has 0 aliphatic carbocycles. The van der Waals surface area contributed by atoms with E-state index in [4.69, 9.17) is 0 Å². The van der Waals surface area contributed by atoms with E-state index in [1.165, 1.54) is 22.9 Å². The molecular weight excluding hydrogens is 366 g/mol. The Labute approximate surface area is 170 Å². The number of para-hydroxylation sites is 1. The zero-order valence-electron chi connectivity index (χ0n) is 16.0. The average Bonchev–Trinajstić information content (AvgIpc) is 2.77. The van der Waals surface area contributed by atoms with E-state index in [0.717, 1.165) is 47.8 Å². The minimum Gasteiger partial charge on any atom is -0.311 e. The largest absolute Gasteiger partial charge is 0.311 e. The SMILES string of the molecule is CCc1ccc(-c2ccc(SCC(=O)N3CCCc4ccccc43)nn2)cc1. The lowest BCUT2D eigenvalue weighted by atomic mass is 10.0. The Morgan fingerprint density at radius 3 is 2.61 bits per heavy atom. The lowest BCUT2D eigenvalue weighted by molar-refractivity contribution is -0.116. The van der Waals surface area contributed by atoms with Crippen LogP contribution in [0.25, 0.3) is 11.3 Å². The maximum absolute atomic E-state index is 12.7. The third-order valence-corrected chi connectivity index (χ3v) is 5.96. The molecule has 0 spiro atoms. The molecule has 0 unspecified atom stereocenters. The van der Waals surface area contributed by atoms with E-state index in [1.54, 1.807) is 0 Å².